The van der Waals surface area contributed by atoms with E-state index in [0.717, 1.165) is 8.89 Å². The first kappa shape index (κ1) is 11.0. The number of nitrogens with zero attached hydrogens (tertiary/aromatic N) is 3. The van der Waals surface area contributed by atoms with Gasteiger partial charge in [-0.25, -0.2) is 9.66 Å². The first-order valence-corrected chi connectivity index (χ1v) is 6.39. The Labute approximate surface area is 99.5 Å². The standard InChI is InChI=1S/C9H8N4OS2/c1-4-12-6-5(3-10)9(15-2)16-7(6)8(14)13(4)11/h11H2,1-2H3. The molecule has 2 aromatic heterocycles. The van der Waals surface area contributed by atoms with Gasteiger partial charge in [0.15, 0.2) is 0 Å². The molecular formula is C9H8N4OS2. The van der Waals surface area contributed by atoms with Crippen molar-refractivity contribution in [2.75, 3.05) is 12.1 Å². The summed E-state index contributed by atoms with van der Waals surface area (Å²) in [6.45, 7) is 1.64. The highest BCUT2D eigenvalue weighted by Crippen LogP contribution is 2.33. The van der Waals surface area contributed by atoms with Gasteiger partial charge in [-0.3, -0.25) is 4.79 Å². The van der Waals surface area contributed by atoms with E-state index in [2.05, 4.69) is 11.1 Å². The van der Waals surface area contributed by atoms with Crippen LogP contribution in [-0.2, 0) is 0 Å². The van der Waals surface area contributed by atoms with E-state index in [-0.39, 0.29) is 5.56 Å². The Balaban J connectivity index is 3.01. The molecule has 2 rings (SSSR count). The fraction of sp³-hybridized carbons (Fsp3) is 0.222. The van der Waals surface area contributed by atoms with E-state index in [1.165, 1.54) is 23.1 Å². The molecule has 0 unspecified atom stereocenters. The van der Waals surface area contributed by atoms with Crippen LogP contribution >= 0.6 is 23.1 Å². The lowest BCUT2D eigenvalue weighted by Crippen LogP contribution is -2.29. The van der Waals surface area contributed by atoms with Crippen molar-refractivity contribution in [2.24, 2.45) is 0 Å². The first-order valence-electron chi connectivity index (χ1n) is 4.35. The van der Waals surface area contributed by atoms with Crippen molar-refractivity contribution < 1.29 is 0 Å². The van der Waals surface area contributed by atoms with Crippen LogP contribution in [0.5, 0.6) is 0 Å². The number of aromatic nitrogens is 2. The number of nitriles is 1. The number of thiophene rings is 1. The lowest BCUT2D eigenvalue weighted by molar-refractivity contribution is 0.854. The monoisotopic (exact) mass is 252 g/mol. The number of hydrogen-bond acceptors (Lipinski definition) is 6. The summed E-state index contributed by atoms with van der Waals surface area (Å²) in [5.41, 5.74) is 0.624. The molecule has 5 nitrogen and oxygen atoms in total. The number of fused-ring (bicyclic) bond motifs is 1. The van der Waals surface area contributed by atoms with Crippen molar-refractivity contribution in [1.29, 1.82) is 5.26 Å². The highest BCUT2D eigenvalue weighted by molar-refractivity contribution is 8.00. The van der Waals surface area contributed by atoms with Crippen molar-refractivity contribution in [1.82, 2.24) is 9.66 Å². The zero-order valence-corrected chi connectivity index (χ0v) is 10.3. The van der Waals surface area contributed by atoms with Gasteiger partial charge in [0.1, 0.15) is 27.7 Å². The molecule has 0 bridgehead atoms. The third-order valence-corrected chi connectivity index (χ3v) is 4.47. The van der Waals surface area contributed by atoms with Crippen molar-refractivity contribution in [3.8, 4) is 6.07 Å². The molecule has 0 fully saturated rings. The Bertz CT molecular complexity index is 665. The highest BCUT2D eigenvalue weighted by Gasteiger charge is 2.17. The lowest BCUT2D eigenvalue weighted by atomic mass is 10.3. The largest absolute Gasteiger partial charge is 0.335 e. The van der Waals surface area contributed by atoms with Gasteiger partial charge >= 0.3 is 0 Å². The van der Waals surface area contributed by atoms with E-state index >= 15 is 0 Å². The smallest absolute Gasteiger partial charge is 0.289 e. The molecule has 2 N–H and O–H groups in total. The maximum atomic E-state index is 11.8. The SMILES string of the molecule is CSc1sc2c(=O)n(N)c(C)nc2c1C#N. The molecule has 0 aromatic carbocycles. The molecule has 2 heterocycles. The highest BCUT2D eigenvalue weighted by atomic mass is 32.2. The topological polar surface area (TPSA) is 84.7 Å². The lowest BCUT2D eigenvalue weighted by Gasteiger charge is -2.00. The maximum Gasteiger partial charge on any atom is 0.289 e. The molecular weight excluding hydrogens is 244 g/mol. The zero-order chi connectivity index (χ0) is 11.9. The van der Waals surface area contributed by atoms with E-state index in [4.69, 9.17) is 11.1 Å². The van der Waals surface area contributed by atoms with E-state index in [9.17, 15) is 4.79 Å². The summed E-state index contributed by atoms with van der Waals surface area (Å²) in [5, 5.41) is 9.05. The third kappa shape index (κ3) is 1.38. The van der Waals surface area contributed by atoms with Crippen LogP contribution in [0.15, 0.2) is 9.00 Å². The van der Waals surface area contributed by atoms with Crippen LogP contribution in [-0.4, -0.2) is 15.9 Å². The van der Waals surface area contributed by atoms with E-state index < -0.39 is 0 Å². The summed E-state index contributed by atoms with van der Waals surface area (Å²) in [7, 11) is 0. The molecule has 16 heavy (non-hydrogen) atoms. The molecule has 2 aromatic rings. The van der Waals surface area contributed by atoms with Crippen molar-refractivity contribution >= 4 is 33.3 Å². The van der Waals surface area contributed by atoms with E-state index in [1.54, 1.807) is 6.92 Å². The molecule has 82 valence electrons. The summed E-state index contributed by atoms with van der Waals surface area (Å²) in [4.78, 5) is 16.0. The molecule has 0 aliphatic heterocycles. The number of hydrogen-bond donors (Lipinski definition) is 1. The fourth-order valence-electron chi connectivity index (χ4n) is 1.37. The minimum atomic E-state index is -0.302. The first-order chi connectivity index (χ1) is 7.60. The van der Waals surface area contributed by atoms with Crippen molar-refractivity contribution in [3.63, 3.8) is 0 Å². The maximum absolute atomic E-state index is 11.8. The molecule has 0 spiro atoms. The van der Waals surface area contributed by atoms with Gasteiger partial charge in [0, 0.05) is 0 Å². The Morgan fingerprint density at radius 3 is 2.88 bits per heavy atom. The fourth-order valence-corrected chi connectivity index (χ4v) is 3.16. The number of thioether (sulfide) groups is 1. The minimum absolute atomic E-state index is 0.302. The van der Waals surface area contributed by atoms with Gasteiger partial charge in [-0.2, -0.15) is 5.26 Å². The van der Waals surface area contributed by atoms with Gasteiger partial charge in [0.25, 0.3) is 5.56 Å². The van der Waals surface area contributed by atoms with Gasteiger partial charge in [-0.15, -0.1) is 23.1 Å². The van der Waals surface area contributed by atoms with E-state index in [0.29, 0.717) is 21.6 Å². The van der Waals surface area contributed by atoms with Gasteiger partial charge in [-0.1, -0.05) is 0 Å². The Hall–Kier alpha value is -1.52. The molecule has 0 radical (unpaired) electrons. The average Bonchev–Trinajstić information content (AvgIpc) is 2.63. The van der Waals surface area contributed by atoms with Crippen LogP contribution in [0.1, 0.15) is 11.4 Å². The quantitative estimate of drug-likeness (QED) is 0.606. The second-order valence-electron chi connectivity index (χ2n) is 3.09. The van der Waals surface area contributed by atoms with Crippen LogP contribution in [0.2, 0.25) is 0 Å². The predicted octanol–water partition coefficient (Wildman–Crippen LogP) is 1.07. The Morgan fingerprint density at radius 1 is 1.62 bits per heavy atom. The summed E-state index contributed by atoms with van der Waals surface area (Å²) in [6.07, 6.45) is 1.86. The molecule has 0 amide bonds. The summed E-state index contributed by atoms with van der Waals surface area (Å²) in [5.74, 6) is 5.95. The summed E-state index contributed by atoms with van der Waals surface area (Å²) >= 11 is 2.70. The molecule has 0 saturated carbocycles. The van der Waals surface area contributed by atoms with Crippen LogP contribution in [0.4, 0.5) is 0 Å². The summed E-state index contributed by atoms with van der Waals surface area (Å²) in [6, 6.07) is 2.08. The van der Waals surface area contributed by atoms with Crippen LogP contribution in [0.25, 0.3) is 10.2 Å². The molecule has 7 heteroatoms. The number of nitrogens with two attached hydrogens (primary N) is 1. The van der Waals surface area contributed by atoms with Crippen molar-refractivity contribution in [3.05, 3.63) is 21.7 Å². The van der Waals surface area contributed by atoms with Gasteiger partial charge in [-0.05, 0) is 13.2 Å². The Morgan fingerprint density at radius 2 is 2.31 bits per heavy atom. The van der Waals surface area contributed by atoms with Crippen LogP contribution in [0, 0.1) is 18.3 Å². The molecule has 0 aliphatic carbocycles. The van der Waals surface area contributed by atoms with Gasteiger partial charge < -0.3 is 5.84 Å². The number of nitrogen functional groups attached to an aromatic ring is 1. The van der Waals surface area contributed by atoms with Crippen LogP contribution < -0.4 is 11.4 Å². The number of aryl methyl sites for hydroxylation is 1. The molecule has 0 aliphatic rings. The third-order valence-electron chi connectivity index (χ3n) is 2.18. The van der Waals surface area contributed by atoms with Crippen LogP contribution in [0.3, 0.4) is 0 Å². The zero-order valence-electron chi connectivity index (χ0n) is 8.64. The van der Waals surface area contributed by atoms with Gasteiger partial charge in [0.2, 0.25) is 0 Å². The second kappa shape index (κ2) is 3.81. The van der Waals surface area contributed by atoms with Crippen molar-refractivity contribution in [2.45, 2.75) is 11.1 Å². The van der Waals surface area contributed by atoms with Gasteiger partial charge in [0.05, 0.1) is 4.21 Å². The summed E-state index contributed by atoms with van der Waals surface area (Å²) < 4.78 is 2.24. The average molecular weight is 252 g/mol. The molecule has 0 saturated heterocycles. The van der Waals surface area contributed by atoms with E-state index in [1.807, 2.05) is 6.26 Å². The minimum Gasteiger partial charge on any atom is -0.335 e. The number of rotatable bonds is 1. The predicted molar refractivity (Wildman–Crippen MR) is 65.3 cm³/mol. The Kier molecular flexibility index (Phi) is 2.61. The normalized spacial score (nSPS) is 10.6. The second-order valence-corrected chi connectivity index (χ2v) is 5.19. The molecule has 0 atom stereocenters.